The summed E-state index contributed by atoms with van der Waals surface area (Å²) in [6.45, 7) is 0.554. The largest absolute Gasteiger partial charge is 0.478 e. The lowest BCUT2D eigenvalue weighted by atomic mass is 10.1. The maximum atomic E-state index is 10.8. The molecule has 0 saturated carbocycles. The van der Waals surface area contributed by atoms with Gasteiger partial charge >= 0.3 is 5.97 Å². The Kier molecular flexibility index (Phi) is 3.35. The molecule has 0 fully saturated rings. The van der Waals surface area contributed by atoms with Gasteiger partial charge in [0.15, 0.2) is 0 Å². The molecule has 1 aromatic heterocycles. The SMILES string of the molecule is O=C(O)c1cccc(CNc2ccccn2)c1. The maximum absolute atomic E-state index is 10.8. The molecule has 0 bridgehead atoms. The minimum Gasteiger partial charge on any atom is -0.478 e. The quantitative estimate of drug-likeness (QED) is 0.843. The maximum Gasteiger partial charge on any atom is 0.335 e. The van der Waals surface area contributed by atoms with Gasteiger partial charge in [-0.1, -0.05) is 18.2 Å². The fourth-order valence-electron chi connectivity index (χ4n) is 1.47. The van der Waals surface area contributed by atoms with E-state index in [1.807, 2.05) is 24.3 Å². The van der Waals surface area contributed by atoms with E-state index in [1.54, 1.807) is 24.4 Å². The van der Waals surface area contributed by atoms with E-state index in [0.29, 0.717) is 12.1 Å². The number of carboxylic acids is 1. The number of nitrogens with zero attached hydrogens (tertiary/aromatic N) is 1. The minimum atomic E-state index is -0.912. The Labute approximate surface area is 98.9 Å². The normalized spacial score (nSPS) is 9.88. The van der Waals surface area contributed by atoms with Crippen molar-refractivity contribution in [2.45, 2.75) is 6.54 Å². The highest BCUT2D eigenvalue weighted by Crippen LogP contribution is 2.08. The molecule has 0 aliphatic carbocycles. The average Bonchev–Trinajstić information content (AvgIpc) is 2.38. The van der Waals surface area contributed by atoms with Crippen LogP contribution in [0, 0.1) is 0 Å². The number of aromatic carboxylic acids is 1. The summed E-state index contributed by atoms with van der Waals surface area (Å²) < 4.78 is 0. The van der Waals surface area contributed by atoms with Gasteiger partial charge in [0, 0.05) is 12.7 Å². The van der Waals surface area contributed by atoms with Gasteiger partial charge in [-0.3, -0.25) is 0 Å². The number of carboxylic acid groups (broad SMARTS) is 1. The summed E-state index contributed by atoms with van der Waals surface area (Å²) >= 11 is 0. The summed E-state index contributed by atoms with van der Waals surface area (Å²) in [7, 11) is 0. The fraction of sp³-hybridized carbons (Fsp3) is 0.0769. The van der Waals surface area contributed by atoms with Gasteiger partial charge in [0.05, 0.1) is 5.56 Å². The van der Waals surface area contributed by atoms with Crippen molar-refractivity contribution in [3.63, 3.8) is 0 Å². The number of pyridine rings is 1. The van der Waals surface area contributed by atoms with Crippen LogP contribution in [-0.4, -0.2) is 16.1 Å². The fourth-order valence-corrected chi connectivity index (χ4v) is 1.47. The third kappa shape index (κ3) is 3.04. The second-order valence-corrected chi connectivity index (χ2v) is 3.57. The summed E-state index contributed by atoms with van der Waals surface area (Å²) in [6.07, 6.45) is 1.70. The number of hydrogen-bond acceptors (Lipinski definition) is 3. The van der Waals surface area contributed by atoms with E-state index in [2.05, 4.69) is 10.3 Å². The second-order valence-electron chi connectivity index (χ2n) is 3.57. The summed E-state index contributed by atoms with van der Waals surface area (Å²) in [4.78, 5) is 14.9. The van der Waals surface area contributed by atoms with Crippen LogP contribution < -0.4 is 5.32 Å². The van der Waals surface area contributed by atoms with Gasteiger partial charge in [0.1, 0.15) is 5.82 Å². The monoisotopic (exact) mass is 228 g/mol. The van der Waals surface area contributed by atoms with Crippen molar-refractivity contribution in [1.82, 2.24) is 4.98 Å². The molecule has 86 valence electrons. The molecule has 17 heavy (non-hydrogen) atoms. The molecule has 2 N–H and O–H groups in total. The second kappa shape index (κ2) is 5.12. The average molecular weight is 228 g/mol. The number of carbonyl (C=O) groups is 1. The van der Waals surface area contributed by atoms with E-state index >= 15 is 0 Å². The van der Waals surface area contributed by atoms with E-state index in [-0.39, 0.29) is 0 Å². The molecule has 1 aromatic carbocycles. The topological polar surface area (TPSA) is 62.2 Å². The minimum absolute atomic E-state index is 0.297. The number of aromatic nitrogens is 1. The molecule has 2 aromatic rings. The Hall–Kier alpha value is -2.36. The molecule has 0 aliphatic heterocycles. The summed E-state index contributed by atoms with van der Waals surface area (Å²) in [5, 5.41) is 12.0. The van der Waals surface area contributed by atoms with Crippen molar-refractivity contribution in [3.8, 4) is 0 Å². The standard InChI is InChI=1S/C13H12N2O2/c16-13(17)11-5-3-4-10(8-11)9-15-12-6-1-2-7-14-12/h1-8H,9H2,(H,14,15)(H,16,17). The molecule has 0 spiro atoms. The highest BCUT2D eigenvalue weighted by atomic mass is 16.4. The van der Waals surface area contributed by atoms with Crippen LogP contribution >= 0.6 is 0 Å². The van der Waals surface area contributed by atoms with Gasteiger partial charge in [-0.15, -0.1) is 0 Å². The van der Waals surface area contributed by atoms with E-state index in [4.69, 9.17) is 5.11 Å². The van der Waals surface area contributed by atoms with Gasteiger partial charge in [0.2, 0.25) is 0 Å². The van der Waals surface area contributed by atoms with E-state index in [0.717, 1.165) is 11.4 Å². The van der Waals surface area contributed by atoms with Crippen molar-refractivity contribution in [1.29, 1.82) is 0 Å². The Morgan fingerprint density at radius 2 is 2.12 bits per heavy atom. The predicted octanol–water partition coefficient (Wildman–Crippen LogP) is 2.39. The molecule has 2 rings (SSSR count). The van der Waals surface area contributed by atoms with Crippen LogP contribution in [0.5, 0.6) is 0 Å². The van der Waals surface area contributed by atoms with Gasteiger partial charge in [-0.2, -0.15) is 0 Å². The highest BCUT2D eigenvalue weighted by molar-refractivity contribution is 5.87. The summed E-state index contributed by atoms with van der Waals surface area (Å²) in [5.41, 5.74) is 1.21. The highest BCUT2D eigenvalue weighted by Gasteiger charge is 2.02. The lowest BCUT2D eigenvalue weighted by Gasteiger charge is -2.05. The van der Waals surface area contributed by atoms with Gasteiger partial charge in [0.25, 0.3) is 0 Å². The summed E-state index contributed by atoms with van der Waals surface area (Å²) in [6, 6.07) is 12.4. The molecule has 4 heteroatoms. The molecule has 1 heterocycles. The van der Waals surface area contributed by atoms with Gasteiger partial charge in [-0.25, -0.2) is 9.78 Å². The van der Waals surface area contributed by atoms with E-state index in [9.17, 15) is 4.79 Å². The van der Waals surface area contributed by atoms with Crippen LogP contribution in [0.1, 0.15) is 15.9 Å². The smallest absolute Gasteiger partial charge is 0.335 e. The van der Waals surface area contributed by atoms with Crippen LogP contribution in [0.25, 0.3) is 0 Å². The van der Waals surface area contributed by atoms with Crippen LogP contribution in [0.4, 0.5) is 5.82 Å². The zero-order chi connectivity index (χ0) is 12.1. The first-order valence-corrected chi connectivity index (χ1v) is 5.23. The summed E-state index contributed by atoms with van der Waals surface area (Å²) in [5.74, 6) is -0.141. The lowest BCUT2D eigenvalue weighted by molar-refractivity contribution is 0.0697. The number of anilines is 1. The van der Waals surface area contributed by atoms with E-state index in [1.165, 1.54) is 0 Å². The molecule has 0 radical (unpaired) electrons. The first-order valence-electron chi connectivity index (χ1n) is 5.23. The molecule has 0 amide bonds. The molecular weight excluding hydrogens is 216 g/mol. The number of hydrogen-bond donors (Lipinski definition) is 2. The molecule has 0 aliphatic rings. The lowest BCUT2D eigenvalue weighted by Crippen LogP contribution is -2.03. The van der Waals surface area contributed by atoms with E-state index < -0.39 is 5.97 Å². The van der Waals surface area contributed by atoms with Crippen molar-refractivity contribution >= 4 is 11.8 Å². The Balaban J connectivity index is 2.04. The van der Waals surface area contributed by atoms with Gasteiger partial charge in [-0.05, 0) is 29.8 Å². The van der Waals surface area contributed by atoms with Gasteiger partial charge < -0.3 is 10.4 Å². The van der Waals surface area contributed by atoms with Crippen LogP contribution in [0.2, 0.25) is 0 Å². The van der Waals surface area contributed by atoms with Crippen molar-refractivity contribution < 1.29 is 9.90 Å². The van der Waals surface area contributed by atoms with Crippen molar-refractivity contribution in [2.75, 3.05) is 5.32 Å². The zero-order valence-corrected chi connectivity index (χ0v) is 9.13. The molecular formula is C13H12N2O2. The molecule has 0 atom stereocenters. The van der Waals surface area contributed by atoms with Crippen molar-refractivity contribution in [2.24, 2.45) is 0 Å². The molecule has 4 nitrogen and oxygen atoms in total. The Bertz CT molecular complexity index is 512. The van der Waals surface area contributed by atoms with Crippen LogP contribution in [0.3, 0.4) is 0 Å². The number of benzene rings is 1. The first kappa shape index (κ1) is 11.1. The first-order chi connectivity index (χ1) is 8.25. The zero-order valence-electron chi connectivity index (χ0n) is 9.13. The Morgan fingerprint density at radius 1 is 1.24 bits per heavy atom. The number of rotatable bonds is 4. The van der Waals surface area contributed by atoms with Crippen LogP contribution in [-0.2, 0) is 6.54 Å². The van der Waals surface area contributed by atoms with Crippen molar-refractivity contribution in [3.05, 3.63) is 59.8 Å². The molecule has 0 saturated heterocycles. The predicted molar refractivity (Wildman–Crippen MR) is 65.0 cm³/mol. The third-order valence-corrected chi connectivity index (χ3v) is 2.31. The molecule has 0 unspecified atom stereocenters. The Morgan fingerprint density at radius 3 is 2.82 bits per heavy atom. The third-order valence-electron chi connectivity index (χ3n) is 2.31. The number of nitrogens with one attached hydrogen (secondary N) is 1. The van der Waals surface area contributed by atoms with Crippen LogP contribution in [0.15, 0.2) is 48.7 Å².